The number of nitrogens with zero attached hydrogens (tertiary/aromatic N) is 1. The lowest BCUT2D eigenvalue weighted by Gasteiger charge is -2.04. The number of hydrogen-bond acceptors (Lipinski definition) is 4. The number of urea groups is 1. The van der Waals surface area contributed by atoms with Gasteiger partial charge in [0, 0.05) is 6.54 Å². The third kappa shape index (κ3) is 6.48. The Morgan fingerprint density at radius 1 is 1.45 bits per heavy atom. The van der Waals surface area contributed by atoms with Crippen molar-refractivity contribution in [3.8, 4) is 0 Å². The van der Waals surface area contributed by atoms with Gasteiger partial charge in [0.1, 0.15) is 5.82 Å². The van der Waals surface area contributed by atoms with E-state index in [1.807, 2.05) is 6.92 Å². The first-order valence-corrected chi connectivity index (χ1v) is 6.10. The SMILES string of the molecule is CCCNC(=O)NC(=O)CO/N=C\c1cccc(F)c1. The Morgan fingerprint density at radius 2 is 2.25 bits per heavy atom. The van der Waals surface area contributed by atoms with Gasteiger partial charge in [-0.3, -0.25) is 10.1 Å². The standard InChI is InChI=1S/C13H16FN3O3/c1-2-6-15-13(19)17-12(18)9-20-16-8-10-4-3-5-11(14)7-10/h3-5,7-8H,2,6,9H2,1H3,(H2,15,17,18,19)/b16-8-. The first-order chi connectivity index (χ1) is 9.61. The van der Waals surface area contributed by atoms with Crippen molar-refractivity contribution in [2.45, 2.75) is 13.3 Å². The summed E-state index contributed by atoms with van der Waals surface area (Å²) < 4.78 is 12.8. The van der Waals surface area contributed by atoms with Gasteiger partial charge in [-0.05, 0) is 24.1 Å². The second kappa shape index (κ2) is 8.63. The van der Waals surface area contributed by atoms with Crippen LogP contribution in [-0.4, -0.2) is 31.3 Å². The highest BCUT2D eigenvalue weighted by Crippen LogP contribution is 2.00. The molecule has 3 amide bonds. The topological polar surface area (TPSA) is 79.8 Å². The number of hydrogen-bond donors (Lipinski definition) is 2. The molecule has 0 aromatic heterocycles. The number of oxime groups is 1. The molecule has 6 nitrogen and oxygen atoms in total. The van der Waals surface area contributed by atoms with Gasteiger partial charge in [0.2, 0.25) is 0 Å². The van der Waals surface area contributed by atoms with Crippen molar-refractivity contribution in [3.63, 3.8) is 0 Å². The van der Waals surface area contributed by atoms with Crippen molar-refractivity contribution in [1.82, 2.24) is 10.6 Å². The first kappa shape index (κ1) is 15.6. The number of amides is 3. The van der Waals surface area contributed by atoms with Gasteiger partial charge in [0.05, 0.1) is 6.21 Å². The van der Waals surface area contributed by atoms with E-state index in [1.54, 1.807) is 6.07 Å². The van der Waals surface area contributed by atoms with Gasteiger partial charge in [-0.1, -0.05) is 24.2 Å². The van der Waals surface area contributed by atoms with Crippen LogP contribution in [0, 0.1) is 5.82 Å². The molecule has 0 heterocycles. The molecule has 0 radical (unpaired) electrons. The van der Waals surface area contributed by atoms with Crippen LogP contribution in [0.3, 0.4) is 0 Å². The highest BCUT2D eigenvalue weighted by molar-refractivity contribution is 5.94. The Bertz CT molecular complexity index is 492. The van der Waals surface area contributed by atoms with Crippen LogP contribution in [-0.2, 0) is 9.63 Å². The van der Waals surface area contributed by atoms with Gasteiger partial charge >= 0.3 is 6.03 Å². The maximum atomic E-state index is 12.8. The third-order valence-corrected chi connectivity index (χ3v) is 2.11. The second-order valence-electron chi connectivity index (χ2n) is 3.87. The van der Waals surface area contributed by atoms with Gasteiger partial charge < -0.3 is 10.2 Å². The van der Waals surface area contributed by atoms with E-state index in [-0.39, 0.29) is 5.82 Å². The average molecular weight is 281 g/mol. The quantitative estimate of drug-likeness (QED) is 0.611. The van der Waals surface area contributed by atoms with Crippen molar-refractivity contribution in [3.05, 3.63) is 35.6 Å². The highest BCUT2D eigenvalue weighted by Gasteiger charge is 2.06. The molecule has 1 aromatic carbocycles. The molecule has 0 unspecified atom stereocenters. The van der Waals surface area contributed by atoms with E-state index < -0.39 is 18.5 Å². The van der Waals surface area contributed by atoms with Crippen molar-refractivity contribution >= 4 is 18.2 Å². The van der Waals surface area contributed by atoms with Crippen LogP contribution in [0.5, 0.6) is 0 Å². The van der Waals surface area contributed by atoms with Gasteiger partial charge in [-0.25, -0.2) is 9.18 Å². The minimum atomic E-state index is -0.616. The van der Waals surface area contributed by atoms with Crippen LogP contribution >= 0.6 is 0 Å². The van der Waals surface area contributed by atoms with E-state index in [2.05, 4.69) is 15.8 Å². The molecule has 0 fully saturated rings. The molecule has 0 saturated heterocycles. The largest absolute Gasteiger partial charge is 0.386 e. The number of nitrogens with one attached hydrogen (secondary N) is 2. The predicted octanol–water partition coefficient (Wildman–Crippen LogP) is 1.41. The summed E-state index contributed by atoms with van der Waals surface area (Å²) in [6.45, 7) is 1.98. The van der Waals surface area contributed by atoms with E-state index in [0.29, 0.717) is 12.1 Å². The van der Waals surface area contributed by atoms with Gasteiger partial charge in [0.15, 0.2) is 6.61 Å². The lowest BCUT2D eigenvalue weighted by Crippen LogP contribution is -2.41. The summed E-state index contributed by atoms with van der Waals surface area (Å²) in [5.74, 6) is -1.01. The van der Waals surface area contributed by atoms with Crippen LogP contribution in [0.1, 0.15) is 18.9 Å². The number of halogens is 1. The van der Waals surface area contributed by atoms with Crippen molar-refractivity contribution < 1.29 is 18.8 Å². The molecule has 0 aliphatic heterocycles. The zero-order valence-electron chi connectivity index (χ0n) is 11.1. The molecule has 0 spiro atoms. The third-order valence-electron chi connectivity index (χ3n) is 2.11. The fourth-order valence-corrected chi connectivity index (χ4v) is 1.23. The van der Waals surface area contributed by atoms with E-state index >= 15 is 0 Å². The normalized spacial score (nSPS) is 10.3. The molecule has 0 bridgehead atoms. The molecule has 0 aliphatic carbocycles. The fraction of sp³-hybridized carbons (Fsp3) is 0.308. The number of carbonyl (C=O) groups excluding carboxylic acids is 2. The van der Waals surface area contributed by atoms with Crippen LogP contribution in [0.25, 0.3) is 0 Å². The van der Waals surface area contributed by atoms with Crippen LogP contribution in [0.2, 0.25) is 0 Å². The average Bonchev–Trinajstić information content (AvgIpc) is 2.41. The molecule has 2 N–H and O–H groups in total. The fourth-order valence-electron chi connectivity index (χ4n) is 1.23. The molecular formula is C13H16FN3O3. The summed E-state index contributed by atoms with van der Waals surface area (Å²) >= 11 is 0. The van der Waals surface area contributed by atoms with Gasteiger partial charge in [-0.2, -0.15) is 0 Å². The van der Waals surface area contributed by atoms with E-state index in [9.17, 15) is 14.0 Å². The summed E-state index contributed by atoms with van der Waals surface area (Å²) in [5.41, 5.74) is 0.506. The molecular weight excluding hydrogens is 265 g/mol. The lowest BCUT2D eigenvalue weighted by molar-refractivity contribution is -0.124. The number of benzene rings is 1. The Hall–Kier alpha value is -2.44. The van der Waals surface area contributed by atoms with Crippen LogP contribution in [0.4, 0.5) is 9.18 Å². The molecule has 1 aromatic rings. The molecule has 0 atom stereocenters. The highest BCUT2D eigenvalue weighted by atomic mass is 19.1. The minimum absolute atomic E-state index is 0.390. The summed E-state index contributed by atoms with van der Waals surface area (Å²) in [7, 11) is 0. The smallest absolute Gasteiger partial charge is 0.321 e. The monoisotopic (exact) mass is 281 g/mol. The number of imide groups is 1. The molecule has 0 aliphatic rings. The van der Waals surface area contributed by atoms with Crippen molar-refractivity contribution in [2.24, 2.45) is 5.16 Å². The van der Waals surface area contributed by atoms with Crippen molar-refractivity contribution in [2.75, 3.05) is 13.2 Å². The molecule has 20 heavy (non-hydrogen) atoms. The number of rotatable bonds is 6. The Balaban J connectivity index is 2.26. The summed E-state index contributed by atoms with van der Waals surface area (Å²) in [4.78, 5) is 27.1. The van der Waals surface area contributed by atoms with Crippen LogP contribution in [0.15, 0.2) is 29.4 Å². The lowest BCUT2D eigenvalue weighted by atomic mass is 10.2. The van der Waals surface area contributed by atoms with E-state index in [0.717, 1.165) is 6.42 Å². The molecule has 1 rings (SSSR count). The predicted molar refractivity (Wildman–Crippen MR) is 71.8 cm³/mol. The maximum absolute atomic E-state index is 12.8. The van der Waals surface area contributed by atoms with E-state index in [1.165, 1.54) is 24.4 Å². The van der Waals surface area contributed by atoms with Gasteiger partial charge in [0.25, 0.3) is 5.91 Å². The molecule has 7 heteroatoms. The van der Waals surface area contributed by atoms with E-state index in [4.69, 9.17) is 4.84 Å². The van der Waals surface area contributed by atoms with Crippen LogP contribution < -0.4 is 10.6 Å². The maximum Gasteiger partial charge on any atom is 0.321 e. The Labute approximate surface area is 116 Å². The summed E-state index contributed by atoms with van der Waals surface area (Å²) in [6, 6.07) is 5.16. The van der Waals surface area contributed by atoms with Gasteiger partial charge in [-0.15, -0.1) is 0 Å². The summed E-state index contributed by atoms with van der Waals surface area (Å²) in [5, 5.41) is 8.06. The first-order valence-electron chi connectivity index (χ1n) is 6.10. The molecule has 108 valence electrons. The zero-order chi connectivity index (χ0) is 14.8. The second-order valence-corrected chi connectivity index (χ2v) is 3.87. The zero-order valence-corrected chi connectivity index (χ0v) is 11.1. The Kier molecular flexibility index (Phi) is 6.74. The Morgan fingerprint density at radius 3 is 2.95 bits per heavy atom. The summed E-state index contributed by atoms with van der Waals surface area (Å²) in [6.07, 6.45) is 2.05. The molecule has 0 saturated carbocycles. The number of carbonyl (C=O) groups is 2. The minimum Gasteiger partial charge on any atom is -0.386 e. The van der Waals surface area contributed by atoms with Crippen molar-refractivity contribution in [1.29, 1.82) is 0 Å².